The lowest BCUT2D eigenvalue weighted by Gasteiger charge is -2.07. The van der Waals surface area contributed by atoms with Crippen LogP contribution in [0.25, 0.3) is 27.9 Å². The van der Waals surface area contributed by atoms with Crippen LogP contribution in [0.2, 0.25) is 0 Å². The fourth-order valence-corrected chi connectivity index (χ4v) is 2.62. The molecule has 0 aliphatic carbocycles. The molecule has 4 aromatic rings. The van der Waals surface area contributed by atoms with Crippen LogP contribution in [0.15, 0.2) is 60.9 Å². The number of benzene rings is 2. The molecule has 2 heterocycles. The van der Waals surface area contributed by atoms with Gasteiger partial charge in [0.1, 0.15) is 5.82 Å². The zero-order valence-corrected chi connectivity index (χ0v) is 11.1. The van der Waals surface area contributed by atoms with E-state index in [9.17, 15) is 0 Å². The van der Waals surface area contributed by atoms with Crippen LogP contribution in [-0.4, -0.2) is 14.4 Å². The molecule has 3 nitrogen and oxygen atoms in total. The van der Waals surface area contributed by atoms with E-state index in [2.05, 4.69) is 39.5 Å². The first-order valence-corrected chi connectivity index (χ1v) is 6.62. The average molecular weight is 259 g/mol. The Morgan fingerprint density at radius 1 is 0.850 bits per heavy atom. The molecule has 0 aliphatic heterocycles. The summed E-state index contributed by atoms with van der Waals surface area (Å²) in [5.74, 6) is 0.969. The Hall–Kier alpha value is -2.68. The summed E-state index contributed by atoms with van der Waals surface area (Å²) >= 11 is 0. The van der Waals surface area contributed by atoms with Crippen molar-refractivity contribution in [1.82, 2.24) is 14.4 Å². The Morgan fingerprint density at radius 3 is 2.50 bits per heavy atom. The summed E-state index contributed by atoms with van der Waals surface area (Å²) in [6.07, 6.45) is 3.75. The van der Waals surface area contributed by atoms with Gasteiger partial charge in [-0.05, 0) is 24.6 Å². The number of rotatable bonds is 1. The van der Waals surface area contributed by atoms with Crippen molar-refractivity contribution in [2.75, 3.05) is 0 Å². The van der Waals surface area contributed by atoms with Crippen LogP contribution in [0.3, 0.4) is 0 Å². The molecule has 0 bridgehead atoms. The van der Waals surface area contributed by atoms with Crippen molar-refractivity contribution in [2.45, 2.75) is 6.92 Å². The van der Waals surface area contributed by atoms with Crippen LogP contribution in [0.1, 0.15) is 5.56 Å². The predicted molar refractivity (Wildman–Crippen MR) is 80.7 cm³/mol. The highest BCUT2D eigenvalue weighted by molar-refractivity contribution is 5.81. The molecule has 2 aromatic heterocycles. The van der Waals surface area contributed by atoms with Gasteiger partial charge in [0.25, 0.3) is 0 Å². The normalized spacial score (nSPS) is 11.2. The van der Waals surface area contributed by atoms with Gasteiger partial charge in [0, 0.05) is 5.56 Å². The summed E-state index contributed by atoms with van der Waals surface area (Å²) in [6.45, 7) is 2.11. The summed E-state index contributed by atoms with van der Waals surface area (Å²) in [5.41, 5.74) is 5.46. The van der Waals surface area contributed by atoms with Crippen LogP contribution in [0.4, 0.5) is 0 Å². The van der Waals surface area contributed by atoms with Gasteiger partial charge in [-0.1, -0.05) is 36.4 Å². The fourth-order valence-electron chi connectivity index (χ4n) is 2.62. The van der Waals surface area contributed by atoms with Gasteiger partial charge in [0.05, 0.1) is 28.9 Å². The third-order valence-electron chi connectivity index (χ3n) is 3.63. The molecule has 0 N–H and O–H groups in total. The number of hydrogen-bond acceptors (Lipinski definition) is 2. The highest BCUT2D eigenvalue weighted by Crippen LogP contribution is 2.25. The van der Waals surface area contributed by atoms with E-state index < -0.39 is 0 Å². The van der Waals surface area contributed by atoms with Gasteiger partial charge in [-0.25, -0.2) is 4.98 Å². The monoisotopic (exact) mass is 259 g/mol. The van der Waals surface area contributed by atoms with Gasteiger partial charge < -0.3 is 0 Å². The third kappa shape index (κ3) is 1.53. The molecule has 0 spiro atoms. The van der Waals surface area contributed by atoms with Gasteiger partial charge in [-0.15, -0.1) is 0 Å². The van der Waals surface area contributed by atoms with Gasteiger partial charge in [-0.3, -0.25) is 9.38 Å². The Balaban J connectivity index is 2.16. The zero-order chi connectivity index (χ0) is 13.5. The first-order chi connectivity index (χ1) is 9.84. The predicted octanol–water partition coefficient (Wildman–Crippen LogP) is 3.86. The number of para-hydroxylation sites is 2. The van der Waals surface area contributed by atoms with Crippen molar-refractivity contribution in [3.63, 3.8) is 0 Å². The van der Waals surface area contributed by atoms with E-state index in [0.717, 1.165) is 27.9 Å². The molecular formula is C17H13N3. The fraction of sp³-hybridized carbons (Fsp3) is 0.0588. The standard InChI is InChI=1S/C17H13N3/c1-12-6-2-3-7-14(12)17-19-11-13-10-18-15-8-4-5-9-16(15)20(13)17/h2-11H,1H3. The van der Waals surface area contributed by atoms with Crippen molar-refractivity contribution in [2.24, 2.45) is 0 Å². The summed E-state index contributed by atoms with van der Waals surface area (Å²) in [5, 5.41) is 0. The number of imidazole rings is 1. The number of hydrogen-bond donors (Lipinski definition) is 0. The molecule has 0 atom stereocenters. The SMILES string of the molecule is Cc1ccccc1-c1ncc2cnc3ccccc3n12. The van der Waals surface area contributed by atoms with E-state index in [0.29, 0.717) is 0 Å². The summed E-state index contributed by atoms with van der Waals surface area (Å²) in [6, 6.07) is 16.5. The highest BCUT2D eigenvalue weighted by Gasteiger charge is 2.11. The smallest absolute Gasteiger partial charge is 0.145 e. The van der Waals surface area contributed by atoms with E-state index in [1.54, 1.807) is 0 Å². The summed E-state index contributed by atoms with van der Waals surface area (Å²) in [4.78, 5) is 9.08. The molecule has 96 valence electrons. The average Bonchev–Trinajstić information content (AvgIpc) is 2.92. The molecule has 20 heavy (non-hydrogen) atoms. The van der Waals surface area contributed by atoms with Gasteiger partial charge in [-0.2, -0.15) is 0 Å². The van der Waals surface area contributed by atoms with E-state index in [1.165, 1.54) is 5.56 Å². The number of aryl methyl sites for hydroxylation is 1. The second kappa shape index (κ2) is 4.17. The van der Waals surface area contributed by atoms with Gasteiger partial charge >= 0.3 is 0 Å². The van der Waals surface area contributed by atoms with E-state index >= 15 is 0 Å². The highest BCUT2D eigenvalue weighted by atomic mass is 15.0. The number of nitrogens with zero attached hydrogens (tertiary/aromatic N) is 3. The summed E-state index contributed by atoms with van der Waals surface area (Å²) < 4.78 is 2.17. The van der Waals surface area contributed by atoms with E-state index in [4.69, 9.17) is 0 Å². The Labute approximate surface area is 116 Å². The van der Waals surface area contributed by atoms with Gasteiger partial charge in [0.15, 0.2) is 0 Å². The molecule has 4 rings (SSSR count). The second-order valence-corrected chi connectivity index (χ2v) is 4.90. The van der Waals surface area contributed by atoms with Crippen LogP contribution in [0, 0.1) is 6.92 Å². The molecule has 3 heteroatoms. The molecule has 2 aromatic carbocycles. The van der Waals surface area contributed by atoms with Crippen molar-refractivity contribution < 1.29 is 0 Å². The molecule has 0 saturated carbocycles. The Kier molecular flexibility index (Phi) is 2.33. The molecular weight excluding hydrogens is 246 g/mol. The van der Waals surface area contributed by atoms with Gasteiger partial charge in [0.2, 0.25) is 0 Å². The summed E-state index contributed by atoms with van der Waals surface area (Å²) in [7, 11) is 0. The van der Waals surface area contributed by atoms with Crippen molar-refractivity contribution in [1.29, 1.82) is 0 Å². The number of aromatic nitrogens is 3. The minimum absolute atomic E-state index is 0.969. The van der Waals surface area contributed by atoms with Crippen LogP contribution in [-0.2, 0) is 0 Å². The minimum atomic E-state index is 0.969. The lowest BCUT2D eigenvalue weighted by molar-refractivity contribution is 1.18. The molecule has 0 aliphatic rings. The second-order valence-electron chi connectivity index (χ2n) is 4.90. The first-order valence-electron chi connectivity index (χ1n) is 6.62. The molecule has 0 saturated heterocycles. The Morgan fingerprint density at radius 2 is 1.60 bits per heavy atom. The lowest BCUT2D eigenvalue weighted by Crippen LogP contribution is -1.94. The minimum Gasteiger partial charge on any atom is -0.289 e. The topological polar surface area (TPSA) is 30.2 Å². The zero-order valence-electron chi connectivity index (χ0n) is 11.1. The number of fused-ring (bicyclic) bond motifs is 3. The lowest BCUT2D eigenvalue weighted by atomic mass is 10.1. The van der Waals surface area contributed by atoms with Crippen molar-refractivity contribution in [3.05, 3.63) is 66.5 Å². The van der Waals surface area contributed by atoms with Crippen molar-refractivity contribution in [3.8, 4) is 11.4 Å². The Bertz CT molecular complexity index is 922. The maximum absolute atomic E-state index is 4.60. The maximum atomic E-state index is 4.60. The largest absolute Gasteiger partial charge is 0.289 e. The first kappa shape index (κ1) is 11.2. The van der Waals surface area contributed by atoms with Crippen molar-refractivity contribution >= 4 is 16.6 Å². The van der Waals surface area contributed by atoms with Crippen LogP contribution < -0.4 is 0 Å². The van der Waals surface area contributed by atoms with E-state index in [-0.39, 0.29) is 0 Å². The molecule has 0 amide bonds. The van der Waals surface area contributed by atoms with Crippen LogP contribution in [0.5, 0.6) is 0 Å². The van der Waals surface area contributed by atoms with E-state index in [1.807, 2.05) is 42.7 Å². The quantitative estimate of drug-likeness (QED) is 0.519. The molecule has 0 fully saturated rings. The van der Waals surface area contributed by atoms with Crippen LogP contribution >= 0.6 is 0 Å². The molecule has 0 radical (unpaired) electrons. The molecule has 0 unspecified atom stereocenters. The third-order valence-corrected chi connectivity index (χ3v) is 3.63. The maximum Gasteiger partial charge on any atom is 0.145 e.